The third-order valence-corrected chi connectivity index (χ3v) is 9.47. The standard InChI is InChI=1S/C26H19F2N3O4S2/c27-17-4-3-14-16(20(17)28)12-37-25-15(2-1-13-6-10-36-24(13)25)21(14)31-19-11-35-9-8-29(19)26(34)22-23(33)18(32)5-7-30(22)31/h1-7,10,19,21,33H,8-9,11-12H2/t19-,21-/m1/s1. The van der Waals surface area contributed by atoms with E-state index < -0.39 is 40.9 Å². The average Bonchev–Trinajstić information content (AvgIpc) is 3.32. The molecule has 4 aromatic rings. The predicted octanol–water partition coefficient (Wildman–Crippen LogP) is 4.19. The van der Waals surface area contributed by atoms with Gasteiger partial charge in [0, 0.05) is 39.7 Å². The summed E-state index contributed by atoms with van der Waals surface area (Å²) < 4.78 is 38.0. The third kappa shape index (κ3) is 3.20. The fourth-order valence-electron chi connectivity index (χ4n) is 5.52. The lowest BCUT2D eigenvalue weighted by Crippen LogP contribution is -2.66. The molecular weight excluding hydrogens is 520 g/mol. The minimum absolute atomic E-state index is 0.162. The van der Waals surface area contributed by atoms with Crippen LogP contribution in [0.15, 0.2) is 57.7 Å². The first kappa shape index (κ1) is 22.8. The Morgan fingerprint density at radius 3 is 2.76 bits per heavy atom. The van der Waals surface area contributed by atoms with E-state index in [1.807, 2.05) is 28.6 Å². The molecule has 7 nitrogen and oxygen atoms in total. The summed E-state index contributed by atoms with van der Waals surface area (Å²) in [6.45, 7) is 0.722. The summed E-state index contributed by atoms with van der Waals surface area (Å²) in [6, 6.07) is 9.21. The molecule has 2 atom stereocenters. The lowest BCUT2D eigenvalue weighted by Gasteiger charge is -2.51. The fourth-order valence-corrected chi connectivity index (χ4v) is 7.87. The molecule has 1 N–H and O–H groups in total. The van der Waals surface area contributed by atoms with E-state index in [0.717, 1.165) is 26.6 Å². The molecule has 188 valence electrons. The van der Waals surface area contributed by atoms with Crippen LogP contribution in [-0.2, 0) is 10.5 Å². The Bertz CT molecular complexity index is 1670. The summed E-state index contributed by atoms with van der Waals surface area (Å²) in [4.78, 5) is 28.3. The molecule has 11 heteroatoms. The van der Waals surface area contributed by atoms with Gasteiger partial charge in [-0.05, 0) is 34.0 Å². The van der Waals surface area contributed by atoms with Gasteiger partial charge in [0.15, 0.2) is 23.1 Å². The Hall–Kier alpha value is -3.41. The molecule has 0 bridgehead atoms. The number of halogens is 2. The van der Waals surface area contributed by atoms with E-state index in [2.05, 4.69) is 0 Å². The first-order chi connectivity index (χ1) is 18.0. The van der Waals surface area contributed by atoms with E-state index in [1.54, 1.807) is 22.3 Å². The van der Waals surface area contributed by atoms with E-state index in [-0.39, 0.29) is 30.2 Å². The minimum Gasteiger partial charge on any atom is -0.502 e. The highest BCUT2D eigenvalue weighted by Gasteiger charge is 2.46. The van der Waals surface area contributed by atoms with Crippen molar-refractivity contribution in [3.05, 3.63) is 92.2 Å². The number of thioether (sulfide) groups is 1. The average molecular weight is 540 g/mol. The monoisotopic (exact) mass is 539 g/mol. The van der Waals surface area contributed by atoms with Gasteiger partial charge in [0.05, 0.1) is 19.3 Å². The van der Waals surface area contributed by atoms with Crippen molar-refractivity contribution in [3.8, 4) is 5.75 Å². The largest absolute Gasteiger partial charge is 0.502 e. The number of rotatable bonds is 1. The van der Waals surface area contributed by atoms with Crippen LogP contribution in [0.25, 0.3) is 10.1 Å². The Kier molecular flexibility index (Phi) is 5.11. The molecule has 0 unspecified atom stereocenters. The number of ether oxygens (including phenoxy) is 1. The fraction of sp³-hybridized carbons (Fsp3) is 0.231. The van der Waals surface area contributed by atoms with Crippen molar-refractivity contribution >= 4 is 39.1 Å². The van der Waals surface area contributed by atoms with Crippen LogP contribution in [0.5, 0.6) is 5.75 Å². The molecule has 1 fully saturated rings. The van der Waals surface area contributed by atoms with Crippen molar-refractivity contribution in [2.75, 3.05) is 24.8 Å². The Balaban J connectivity index is 1.57. The predicted molar refractivity (Wildman–Crippen MR) is 136 cm³/mol. The summed E-state index contributed by atoms with van der Waals surface area (Å²) in [5.41, 5.74) is 0.809. The molecule has 2 aromatic carbocycles. The molecule has 3 aliphatic heterocycles. The Labute approximate surface area is 217 Å². The summed E-state index contributed by atoms with van der Waals surface area (Å²) in [6.07, 6.45) is 0.832. The molecule has 37 heavy (non-hydrogen) atoms. The number of carbonyl (C=O) groups is 1. The van der Waals surface area contributed by atoms with Crippen molar-refractivity contribution < 1.29 is 23.4 Å². The van der Waals surface area contributed by atoms with Gasteiger partial charge in [0.25, 0.3) is 5.91 Å². The topological polar surface area (TPSA) is 75.0 Å². The maximum absolute atomic E-state index is 15.3. The van der Waals surface area contributed by atoms with Crippen molar-refractivity contribution in [3.63, 3.8) is 0 Å². The van der Waals surface area contributed by atoms with Crippen molar-refractivity contribution in [1.29, 1.82) is 0 Å². The SMILES string of the molecule is O=C1c2c(O)c(=O)ccn2N([C@@H]2c3ccc(F)c(F)c3CSc3c2ccc2ccsc32)[C@@H]2COCCN12. The Morgan fingerprint density at radius 1 is 1.05 bits per heavy atom. The number of benzene rings is 2. The molecule has 0 aliphatic carbocycles. The molecule has 5 heterocycles. The second-order valence-corrected chi connectivity index (χ2v) is 11.0. The molecule has 3 aliphatic rings. The van der Waals surface area contributed by atoms with E-state index in [0.29, 0.717) is 12.2 Å². The quantitative estimate of drug-likeness (QED) is 0.391. The normalized spacial score (nSPS) is 20.8. The summed E-state index contributed by atoms with van der Waals surface area (Å²) in [5, 5.41) is 15.6. The number of pyridine rings is 1. The maximum Gasteiger partial charge on any atom is 0.278 e. The number of morpholine rings is 1. The first-order valence-electron chi connectivity index (χ1n) is 11.7. The zero-order chi connectivity index (χ0) is 25.4. The summed E-state index contributed by atoms with van der Waals surface area (Å²) in [7, 11) is 0. The molecule has 7 rings (SSSR count). The van der Waals surface area contributed by atoms with E-state index in [1.165, 1.54) is 28.7 Å². The Morgan fingerprint density at radius 2 is 1.89 bits per heavy atom. The zero-order valence-corrected chi connectivity index (χ0v) is 20.8. The minimum atomic E-state index is -0.927. The van der Waals surface area contributed by atoms with Crippen LogP contribution in [0.4, 0.5) is 8.78 Å². The number of aromatic hydroxyl groups is 1. The van der Waals surface area contributed by atoms with Gasteiger partial charge in [0.2, 0.25) is 5.43 Å². The van der Waals surface area contributed by atoms with Crippen LogP contribution in [0.3, 0.4) is 0 Å². The van der Waals surface area contributed by atoms with E-state index >= 15 is 4.39 Å². The maximum atomic E-state index is 15.3. The smallest absolute Gasteiger partial charge is 0.278 e. The first-order valence-corrected chi connectivity index (χ1v) is 13.5. The third-order valence-electron chi connectivity index (χ3n) is 7.23. The molecule has 2 aromatic heterocycles. The molecule has 1 amide bonds. The van der Waals surface area contributed by atoms with Crippen LogP contribution >= 0.6 is 23.1 Å². The molecule has 0 radical (unpaired) electrons. The summed E-state index contributed by atoms with van der Waals surface area (Å²) in [5.74, 6) is -2.74. The van der Waals surface area contributed by atoms with Gasteiger partial charge >= 0.3 is 0 Å². The lowest BCUT2D eigenvalue weighted by molar-refractivity contribution is -0.0197. The molecule has 0 spiro atoms. The van der Waals surface area contributed by atoms with Gasteiger partial charge in [-0.1, -0.05) is 18.2 Å². The van der Waals surface area contributed by atoms with Crippen LogP contribution in [-0.4, -0.2) is 46.5 Å². The van der Waals surface area contributed by atoms with Gasteiger partial charge in [0.1, 0.15) is 6.17 Å². The van der Waals surface area contributed by atoms with Crippen molar-refractivity contribution in [1.82, 2.24) is 9.58 Å². The molecular formula is C26H19F2N3O4S2. The number of amides is 1. The van der Waals surface area contributed by atoms with E-state index in [9.17, 15) is 19.1 Å². The number of thiophene rings is 1. The highest BCUT2D eigenvalue weighted by atomic mass is 32.2. The molecule has 1 saturated heterocycles. The molecule has 0 saturated carbocycles. The number of carbonyl (C=O) groups excluding carboxylic acids is 1. The number of fused-ring (bicyclic) bond motifs is 6. The number of aromatic nitrogens is 1. The van der Waals surface area contributed by atoms with Crippen LogP contribution < -0.4 is 10.4 Å². The van der Waals surface area contributed by atoms with Gasteiger partial charge in [-0.15, -0.1) is 23.1 Å². The van der Waals surface area contributed by atoms with Gasteiger partial charge in [-0.25, -0.2) is 8.78 Å². The van der Waals surface area contributed by atoms with Gasteiger partial charge < -0.3 is 14.7 Å². The van der Waals surface area contributed by atoms with Crippen LogP contribution in [0.2, 0.25) is 0 Å². The van der Waals surface area contributed by atoms with Gasteiger partial charge in [-0.3, -0.25) is 19.3 Å². The second kappa shape index (κ2) is 8.30. The number of hydrogen-bond donors (Lipinski definition) is 1. The number of hydrogen-bond acceptors (Lipinski definition) is 7. The zero-order valence-electron chi connectivity index (χ0n) is 19.2. The summed E-state index contributed by atoms with van der Waals surface area (Å²) >= 11 is 3.03. The van der Waals surface area contributed by atoms with Gasteiger partial charge in [-0.2, -0.15) is 0 Å². The van der Waals surface area contributed by atoms with Crippen LogP contribution in [0.1, 0.15) is 33.2 Å². The van der Waals surface area contributed by atoms with E-state index in [4.69, 9.17) is 4.74 Å². The highest BCUT2D eigenvalue weighted by Crippen LogP contribution is 2.48. The number of nitrogens with zero attached hydrogens (tertiary/aromatic N) is 3. The highest BCUT2D eigenvalue weighted by molar-refractivity contribution is 7.99. The van der Waals surface area contributed by atoms with Crippen molar-refractivity contribution in [2.45, 2.75) is 22.9 Å². The van der Waals surface area contributed by atoms with Crippen molar-refractivity contribution in [2.24, 2.45) is 0 Å². The van der Waals surface area contributed by atoms with Crippen LogP contribution in [0, 0.1) is 11.6 Å². The second-order valence-electron chi connectivity index (χ2n) is 9.10. The lowest BCUT2D eigenvalue weighted by atomic mass is 9.92.